The number of hydrogen-bond acceptors (Lipinski definition) is 6. The van der Waals surface area contributed by atoms with Crippen molar-refractivity contribution in [3.8, 4) is 0 Å². The van der Waals surface area contributed by atoms with Gasteiger partial charge in [-0.3, -0.25) is 4.79 Å². The Bertz CT molecular complexity index is 1180. The smallest absolute Gasteiger partial charge is 0.252 e. The second kappa shape index (κ2) is 7.39. The van der Waals surface area contributed by atoms with Crippen molar-refractivity contribution in [1.29, 1.82) is 0 Å². The molecule has 5 rings (SSSR count). The fourth-order valence-electron chi connectivity index (χ4n) is 4.16. The van der Waals surface area contributed by atoms with Gasteiger partial charge in [-0.25, -0.2) is 9.67 Å². The zero-order valence-electron chi connectivity index (χ0n) is 19.8. The number of aryl methyl sites for hydroxylation is 1. The first-order chi connectivity index (χ1) is 15.1. The first kappa shape index (κ1) is 21.1. The summed E-state index contributed by atoms with van der Waals surface area (Å²) in [6, 6.07) is 1.60. The maximum Gasteiger partial charge on any atom is 0.252 e. The molecular formula is C24H32N6O2. The van der Waals surface area contributed by atoms with Gasteiger partial charge in [-0.05, 0) is 65.4 Å². The molecule has 1 atom stereocenters. The Hall–Kier alpha value is -2.77. The van der Waals surface area contributed by atoms with Gasteiger partial charge in [0.2, 0.25) is 5.89 Å². The van der Waals surface area contributed by atoms with E-state index in [9.17, 15) is 4.79 Å². The van der Waals surface area contributed by atoms with Crippen LogP contribution in [0.5, 0.6) is 0 Å². The van der Waals surface area contributed by atoms with E-state index in [-0.39, 0.29) is 23.4 Å². The summed E-state index contributed by atoms with van der Waals surface area (Å²) in [7, 11) is 0. The number of nitrogens with one attached hydrogen (secondary N) is 1. The van der Waals surface area contributed by atoms with E-state index < -0.39 is 0 Å². The van der Waals surface area contributed by atoms with Crippen LogP contribution in [0.3, 0.4) is 0 Å². The van der Waals surface area contributed by atoms with Gasteiger partial charge in [0.25, 0.3) is 5.91 Å². The summed E-state index contributed by atoms with van der Waals surface area (Å²) in [5.41, 5.74) is 2.95. The number of hydrogen-bond donors (Lipinski definition) is 1. The molecule has 1 amide bonds. The average molecular weight is 437 g/mol. The van der Waals surface area contributed by atoms with Crippen molar-refractivity contribution in [2.75, 3.05) is 0 Å². The van der Waals surface area contributed by atoms with Crippen LogP contribution in [0.4, 0.5) is 0 Å². The Morgan fingerprint density at radius 3 is 2.44 bits per heavy atom. The predicted octanol–water partition coefficient (Wildman–Crippen LogP) is 4.76. The third kappa shape index (κ3) is 3.80. The van der Waals surface area contributed by atoms with Gasteiger partial charge in [-0.1, -0.05) is 19.0 Å². The molecular weight excluding hydrogens is 404 g/mol. The first-order valence-electron chi connectivity index (χ1n) is 11.7. The van der Waals surface area contributed by atoms with Gasteiger partial charge in [0, 0.05) is 17.5 Å². The molecule has 2 saturated carbocycles. The molecule has 2 aliphatic carbocycles. The largest absolute Gasteiger partial charge is 0.340 e. The van der Waals surface area contributed by atoms with Crippen LogP contribution in [0.15, 0.2) is 10.6 Å². The Morgan fingerprint density at radius 1 is 1.16 bits per heavy atom. The van der Waals surface area contributed by atoms with E-state index in [4.69, 9.17) is 14.6 Å². The van der Waals surface area contributed by atoms with Crippen molar-refractivity contribution < 1.29 is 9.32 Å². The maximum atomic E-state index is 13.6. The first-order valence-corrected chi connectivity index (χ1v) is 11.7. The van der Waals surface area contributed by atoms with Crippen LogP contribution >= 0.6 is 0 Å². The van der Waals surface area contributed by atoms with Crippen LogP contribution in [-0.4, -0.2) is 30.8 Å². The summed E-state index contributed by atoms with van der Waals surface area (Å²) in [6.45, 7) is 12.3. The van der Waals surface area contributed by atoms with Gasteiger partial charge < -0.3 is 9.84 Å². The van der Waals surface area contributed by atoms with Crippen molar-refractivity contribution >= 4 is 16.9 Å². The quantitative estimate of drug-likeness (QED) is 0.598. The highest BCUT2D eigenvalue weighted by atomic mass is 16.5. The van der Waals surface area contributed by atoms with Gasteiger partial charge >= 0.3 is 0 Å². The molecule has 8 heteroatoms. The lowest BCUT2D eigenvalue weighted by Crippen LogP contribution is -2.32. The molecule has 170 valence electrons. The van der Waals surface area contributed by atoms with Crippen LogP contribution in [0.2, 0.25) is 0 Å². The van der Waals surface area contributed by atoms with Crippen LogP contribution in [0.1, 0.15) is 112 Å². The summed E-state index contributed by atoms with van der Waals surface area (Å²) in [5, 5.41) is 12.9. The zero-order chi connectivity index (χ0) is 22.8. The summed E-state index contributed by atoms with van der Waals surface area (Å²) in [4.78, 5) is 23.2. The molecule has 2 aliphatic rings. The molecule has 3 heterocycles. The minimum atomic E-state index is -0.354. The second-order valence-electron chi connectivity index (χ2n) is 10.7. The molecule has 0 aromatic carbocycles. The predicted molar refractivity (Wildman–Crippen MR) is 121 cm³/mol. The molecule has 1 N–H and O–H groups in total. The number of pyridine rings is 1. The van der Waals surface area contributed by atoms with E-state index in [1.54, 1.807) is 0 Å². The van der Waals surface area contributed by atoms with E-state index in [0.29, 0.717) is 23.3 Å². The molecule has 32 heavy (non-hydrogen) atoms. The highest BCUT2D eigenvalue weighted by Gasteiger charge is 2.34. The minimum absolute atomic E-state index is 0.102. The molecule has 3 aromatic heterocycles. The normalized spacial score (nSPS) is 17.8. The molecule has 0 spiro atoms. The van der Waals surface area contributed by atoms with Crippen LogP contribution < -0.4 is 5.32 Å². The van der Waals surface area contributed by atoms with Crippen molar-refractivity contribution in [2.45, 2.75) is 90.6 Å². The average Bonchev–Trinajstić information content (AvgIpc) is 3.66. The number of amides is 1. The third-order valence-electron chi connectivity index (χ3n) is 6.33. The van der Waals surface area contributed by atoms with Gasteiger partial charge in [0.1, 0.15) is 6.04 Å². The molecule has 2 fully saturated rings. The molecule has 0 bridgehead atoms. The number of nitrogens with zero attached hydrogens (tertiary/aromatic N) is 5. The minimum Gasteiger partial charge on any atom is -0.340 e. The molecule has 8 nitrogen and oxygen atoms in total. The van der Waals surface area contributed by atoms with E-state index >= 15 is 0 Å². The van der Waals surface area contributed by atoms with E-state index in [1.165, 1.54) is 0 Å². The SMILES string of the molecule is Cc1nn(C(C)(C)C)c2nc(C3CC3)cc(C(=O)NC(c3nc(C4CC4)no3)C(C)C)c12. The molecule has 0 radical (unpaired) electrons. The lowest BCUT2D eigenvalue weighted by Gasteiger charge is -2.21. The molecule has 1 unspecified atom stereocenters. The van der Waals surface area contributed by atoms with Crippen LogP contribution in [0, 0.1) is 12.8 Å². The van der Waals surface area contributed by atoms with E-state index in [1.807, 2.05) is 31.5 Å². The monoisotopic (exact) mass is 436 g/mol. The van der Waals surface area contributed by atoms with Crippen molar-refractivity contribution in [3.05, 3.63) is 34.7 Å². The third-order valence-corrected chi connectivity index (χ3v) is 6.33. The fraction of sp³-hybridized carbons (Fsp3) is 0.625. The topological polar surface area (TPSA) is 98.7 Å². The number of carbonyl (C=O) groups is 1. The van der Waals surface area contributed by atoms with Crippen molar-refractivity contribution in [3.63, 3.8) is 0 Å². The Labute approximate surface area is 188 Å². The Balaban J connectivity index is 1.54. The highest BCUT2D eigenvalue weighted by Crippen LogP contribution is 2.41. The summed E-state index contributed by atoms with van der Waals surface area (Å²) in [6.07, 6.45) is 4.44. The maximum absolute atomic E-state index is 13.6. The van der Waals surface area contributed by atoms with Crippen LogP contribution in [-0.2, 0) is 5.54 Å². The summed E-state index contributed by atoms with van der Waals surface area (Å²) >= 11 is 0. The number of rotatable bonds is 6. The van der Waals surface area contributed by atoms with Crippen molar-refractivity contribution in [1.82, 2.24) is 30.2 Å². The van der Waals surface area contributed by atoms with E-state index in [0.717, 1.165) is 53.9 Å². The Kier molecular flexibility index (Phi) is 4.87. The fourth-order valence-corrected chi connectivity index (χ4v) is 4.16. The molecule has 0 aliphatic heterocycles. The van der Waals surface area contributed by atoms with Crippen LogP contribution in [0.25, 0.3) is 11.0 Å². The van der Waals surface area contributed by atoms with Gasteiger partial charge in [-0.15, -0.1) is 0 Å². The van der Waals surface area contributed by atoms with E-state index in [2.05, 4.69) is 36.2 Å². The Morgan fingerprint density at radius 2 is 1.84 bits per heavy atom. The summed E-state index contributed by atoms with van der Waals surface area (Å²) in [5.74, 6) is 2.01. The van der Waals surface area contributed by atoms with Crippen molar-refractivity contribution in [2.24, 2.45) is 5.92 Å². The summed E-state index contributed by atoms with van der Waals surface area (Å²) < 4.78 is 7.50. The lowest BCUT2D eigenvalue weighted by molar-refractivity contribution is 0.0915. The zero-order valence-corrected chi connectivity index (χ0v) is 19.8. The van der Waals surface area contributed by atoms with Gasteiger partial charge in [-0.2, -0.15) is 10.1 Å². The lowest BCUT2D eigenvalue weighted by atomic mass is 10.0. The standard InChI is InChI=1S/C24H32N6O2/c1-12(2)19(23-27-20(29-32-23)15-9-10-15)26-22(31)16-11-17(14-7-8-14)25-21-18(16)13(3)28-30(21)24(4,5)6/h11-12,14-15,19H,7-10H2,1-6H3,(H,26,31). The number of carbonyl (C=O) groups excluding carboxylic acids is 1. The number of fused-ring (bicyclic) bond motifs is 1. The highest BCUT2D eigenvalue weighted by molar-refractivity contribution is 6.06. The second-order valence-corrected chi connectivity index (χ2v) is 10.7. The molecule has 0 saturated heterocycles. The number of aromatic nitrogens is 5. The van der Waals surface area contributed by atoms with Gasteiger partial charge in [0.15, 0.2) is 11.5 Å². The van der Waals surface area contributed by atoms with Gasteiger partial charge in [0.05, 0.1) is 22.2 Å². The molecule has 3 aromatic rings.